The first-order chi connectivity index (χ1) is 2.27. The van der Waals surface area contributed by atoms with Crippen LogP contribution in [-0.4, -0.2) is 23.4 Å². The van der Waals surface area contributed by atoms with Crippen molar-refractivity contribution in [2.24, 2.45) is 11.6 Å². The summed E-state index contributed by atoms with van der Waals surface area (Å²) in [7, 11) is 0. The maximum Gasteiger partial charge on any atom is 3.00 e. The minimum absolute atomic E-state index is 0. The molecule has 0 saturated carbocycles. The van der Waals surface area contributed by atoms with Crippen molar-refractivity contribution in [1.82, 2.24) is 5.43 Å². The SMILES string of the molecule is NNC(N)=O.[Al+3]. The van der Waals surface area contributed by atoms with Crippen LogP contribution in [0.3, 0.4) is 0 Å². The van der Waals surface area contributed by atoms with Gasteiger partial charge in [-0.05, 0) is 0 Å². The Hall–Kier alpha value is -0.238. The predicted octanol–water partition coefficient (Wildman–Crippen LogP) is -1.85. The van der Waals surface area contributed by atoms with Gasteiger partial charge in [0.15, 0.2) is 0 Å². The summed E-state index contributed by atoms with van der Waals surface area (Å²) in [5.41, 5.74) is 6.08. The summed E-state index contributed by atoms with van der Waals surface area (Å²) in [6.45, 7) is 0. The van der Waals surface area contributed by atoms with Gasteiger partial charge in [0.25, 0.3) is 0 Å². The van der Waals surface area contributed by atoms with Crippen LogP contribution in [0.15, 0.2) is 0 Å². The van der Waals surface area contributed by atoms with Gasteiger partial charge in [-0.3, -0.25) is 5.43 Å². The third kappa shape index (κ3) is 9.24. The molecule has 0 rings (SSSR count). The summed E-state index contributed by atoms with van der Waals surface area (Å²) in [5, 5.41) is 0. The van der Waals surface area contributed by atoms with Crippen LogP contribution in [0.25, 0.3) is 0 Å². The van der Waals surface area contributed by atoms with E-state index in [9.17, 15) is 4.79 Å². The molecule has 6 heavy (non-hydrogen) atoms. The Bertz CT molecular complexity index is 46.1. The van der Waals surface area contributed by atoms with Crippen LogP contribution in [0.4, 0.5) is 4.79 Å². The van der Waals surface area contributed by atoms with Gasteiger partial charge in [0.1, 0.15) is 0 Å². The van der Waals surface area contributed by atoms with Crippen molar-refractivity contribution in [2.45, 2.75) is 0 Å². The van der Waals surface area contributed by atoms with E-state index in [0.717, 1.165) is 0 Å². The molecule has 0 spiro atoms. The van der Waals surface area contributed by atoms with Crippen LogP contribution in [0.5, 0.6) is 0 Å². The number of hydrogen-bond donors (Lipinski definition) is 3. The van der Waals surface area contributed by atoms with E-state index < -0.39 is 6.03 Å². The molecule has 5 heteroatoms. The largest absolute Gasteiger partial charge is 3.00 e. The number of amides is 2. The van der Waals surface area contributed by atoms with Gasteiger partial charge in [-0.25, -0.2) is 10.6 Å². The zero-order valence-corrected chi connectivity index (χ0v) is 4.29. The summed E-state index contributed by atoms with van der Waals surface area (Å²) >= 11 is 0. The molecule has 0 radical (unpaired) electrons. The Morgan fingerprint density at radius 2 is 1.83 bits per heavy atom. The first-order valence-corrected chi connectivity index (χ1v) is 1.03. The number of primary amides is 1. The summed E-state index contributed by atoms with van der Waals surface area (Å²) in [6, 6.07) is -0.718. The molecule has 0 aromatic rings. The molecule has 0 aromatic heterocycles. The predicted molar refractivity (Wildman–Crippen MR) is 22.7 cm³/mol. The Balaban J connectivity index is 0. The summed E-state index contributed by atoms with van der Waals surface area (Å²) in [4.78, 5) is 9.35. The molecule has 0 fully saturated rings. The van der Waals surface area contributed by atoms with Crippen molar-refractivity contribution >= 4 is 23.4 Å². The smallest absolute Gasteiger partial charge is 0.351 e. The minimum atomic E-state index is -0.718. The quantitative estimate of drug-likeness (QED) is 0.145. The molecule has 0 saturated heterocycles. The normalized spacial score (nSPS) is 5.50. The van der Waals surface area contributed by atoms with Crippen LogP contribution in [0, 0.1) is 0 Å². The fourth-order valence-electron chi connectivity index (χ4n) is 0. The van der Waals surface area contributed by atoms with Gasteiger partial charge in [-0.2, -0.15) is 0 Å². The van der Waals surface area contributed by atoms with E-state index in [1.165, 1.54) is 0 Å². The molecule has 0 aromatic carbocycles. The van der Waals surface area contributed by atoms with Crippen LogP contribution in [0.1, 0.15) is 0 Å². The summed E-state index contributed by atoms with van der Waals surface area (Å²) < 4.78 is 0. The number of carbonyl (C=O) groups excluding carboxylic acids is 1. The van der Waals surface area contributed by atoms with Gasteiger partial charge in [-0.1, -0.05) is 0 Å². The molecule has 4 nitrogen and oxygen atoms in total. The van der Waals surface area contributed by atoms with E-state index in [2.05, 4.69) is 11.6 Å². The summed E-state index contributed by atoms with van der Waals surface area (Å²) in [5.74, 6) is 4.45. The van der Waals surface area contributed by atoms with Gasteiger partial charge in [0.05, 0.1) is 0 Å². The average Bonchev–Trinajstić information content (AvgIpc) is 1.38. The van der Waals surface area contributed by atoms with E-state index in [4.69, 9.17) is 0 Å². The molecule has 0 bridgehead atoms. The van der Waals surface area contributed by atoms with Crippen LogP contribution < -0.4 is 17.0 Å². The van der Waals surface area contributed by atoms with Crippen LogP contribution in [0.2, 0.25) is 0 Å². The number of urea groups is 1. The molecular formula is CH5AlN3O+3. The first-order valence-electron chi connectivity index (χ1n) is 1.03. The molecule has 0 aliphatic carbocycles. The zero-order chi connectivity index (χ0) is 4.28. The molecule has 30 valence electrons. The van der Waals surface area contributed by atoms with Gasteiger partial charge >= 0.3 is 23.4 Å². The molecule has 0 atom stereocenters. The molecule has 0 aliphatic heterocycles. The molecule has 0 heterocycles. The number of carbonyl (C=O) groups is 1. The fourth-order valence-corrected chi connectivity index (χ4v) is 0. The van der Waals surface area contributed by atoms with E-state index in [-0.39, 0.29) is 17.4 Å². The maximum atomic E-state index is 9.35. The number of hydrogen-bond acceptors (Lipinski definition) is 2. The third-order valence-electron chi connectivity index (χ3n) is 0.142. The van der Waals surface area contributed by atoms with Crippen molar-refractivity contribution in [3.63, 3.8) is 0 Å². The molecule has 2 amide bonds. The van der Waals surface area contributed by atoms with Crippen molar-refractivity contribution in [1.29, 1.82) is 0 Å². The van der Waals surface area contributed by atoms with Crippen molar-refractivity contribution < 1.29 is 4.79 Å². The van der Waals surface area contributed by atoms with Gasteiger partial charge in [-0.15, -0.1) is 0 Å². The Labute approximate surface area is 46.0 Å². The summed E-state index contributed by atoms with van der Waals surface area (Å²) in [6.07, 6.45) is 0. The van der Waals surface area contributed by atoms with Crippen LogP contribution >= 0.6 is 0 Å². The number of nitrogens with two attached hydrogens (primary N) is 2. The number of rotatable bonds is 0. The van der Waals surface area contributed by atoms with Gasteiger partial charge < -0.3 is 5.73 Å². The Kier molecular flexibility index (Phi) is 7.33. The van der Waals surface area contributed by atoms with Crippen molar-refractivity contribution in [3.05, 3.63) is 0 Å². The standard InChI is InChI=1S/CH5N3O.Al/c2-1(5)4-3;/h3H2,(H3,2,4,5);/q;+3. The number of hydrazine groups is 1. The van der Waals surface area contributed by atoms with E-state index >= 15 is 0 Å². The molecular weight excluding hydrogens is 97.0 g/mol. The second-order valence-electron chi connectivity index (χ2n) is 0.509. The molecule has 5 N–H and O–H groups in total. The van der Waals surface area contributed by atoms with Crippen LogP contribution in [-0.2, 0) is 0 Å². The topological polar surface area (TPSA) is 81.1 Å². The fraction of sp³-hybridized carbons (Fsp3) is 0. The van der Waals surface area contributed by atoms with E-state index in [1.807, 2.05) is 0 Å². The molecule has 0 unspecified atom stereocenters. The van der Waals surface area contributed by atoms with Crippen molar-refractivity contribution in [2.75, 3.05) is 0 Å². The van der Waals surface area contributed by atoms with Gasteiger partial charge in [0, 0.05) is 0 Å². The van der Waals surface area contributed by atoms with E-state index in [0.29, 0.717) is 0 Å². The Morgan fingerprint density at radius 3 is 1.83 bits per heavy atom. The third-order valence-corrected chi connectivity index (χ3v) is 0.142. The second kappa shape index (κ2) is 4.76. The van der Waals surface area contributed by atoms with E-state index in [1.54, 1.807) is 5.43 Å². The first kappa shape index (κ1) is 9.23. The monoisotopic (exact) mass is 102 g/mol. The Morgan fingerprint density at radius 1 is 1.67 bits per heavy atom. The second-order valence-corrected chi connectivity index (χ2v) is 0.509. The zero-order valence-electron chi connectivity index (χ0n) is 3.14. The average molecular weight is 102 g/mol. The van der Waals surface area contributed by atoms with Gasteiger partial charge in [0.2, 0.25) is 0 Å². The number of nitrogens with one attached hydrogen (secondary N) is 1. The minimum Gasteiger partial charge on any atom is -0.351 e. The molecule has 0 aliphatic rings. The maximum absolute atomic E-state index is 9.35. The van der Waals surface area contributed by atoms with Crippen molar-refractivity contribution in [3.8, 4) is 0 Å².